The molecule has 1 heterocycles. The van der Waals surface area contributed by atoms with Crippen LogP contribution in [0.15, 0.2) is 24.3 Å². The molecule has 0 unspecified atom stereocenters. The van der Waals surface area contributed by atoms with Crippen molar-refractivity contribution in [1.29, 1.82) is 0 Å². The zero-order valence-corrected chi connectivity index (χ0v) is 10.9. The minimum absolute atomic E-state index is 1.11. The van der Waals surface area contributed by atoms with Crippen LogP contribution in [0, 0.1) is 0 Å². The average Bonchev–Trinajstić information content (AvgIpc) is 2.41. The van der Waals surface area contributed by atoms with E-state index >= 15 is 0 Å². The predicted molar refractivity (Wildman–Crippen MR) is 74.8 cm³/mol. The van der Waals surface area contributed by atoms with Crippen LogP contribution in [0.4, 0.5) is 5.69 Å². The van der Waals surface area contributed by atoms with Crippen LogP contribution >= 0.6 is 0 Å². The molecule has 0 bridgehead atoms. The smallest absolute Gasteiger partial charge is 0.0399 e. The van der Waals surface area contributed by atoms with E-state index in [1.54, 1.807) is 0 Å². The second-order valence-electron chi connectivity index (χ2n) is 4.82. The van der Waals surface area contributed by atoms with Crippen LogP contribution in [0.2, 0.25) is 0 Å². The normalized spacial score (nSPS) is 16.2. The second kappa shape index (κ2) is 6.65. The first-order valence-corrected chi connectivity index (χ1v) is 6.95. The number of rotatable bonds is 5. The highest BCUT2D eigenvalue weighted by molar-refractivity contribution is 5.54. The first-order chi connectivity index (χ1) is 8.42. The molecule has 0 aromatic heterocycles. The summed E-state index contributed by atoms with van der Waals surface area (Å²) in [4.78, 5) is 2.53. The van der Waals surface area contributed by atoms with Crippen molar-refractivity contribution in [2.24, 2.45) is 0 Å². The number of unbranched alkanes of at least 4 members (excludes halogenated alkanes) is 2. The van der Waals surface area contributed by atoms with Crippen LogP contribution in [-0.2, 0) is 6.42 Å². The highest BCUT2D eigenvalue weighted by Gasteiger charge is 2.12. The van der Waals surface area contributed by atoms with E-state index in [-0.39, 0.29) is 0 Å². The maximum absolute atomic E-state index is 3.41. The molecule has 2 rings (SSSR count). The van der Waals surface area contributed by atoms with E-state index in [1.165, 1.54) is 36.9 Å². The summed E-state index contributed by atoms with van der Waals surface area (Å²) in [5.41, 5.74) is 2.99. The summed E-state index contributed by atoms with van der Waals surface area (Å²) in [7, 11) is 0. The van der Waals surface area contributed by atoms with Crippen molar-refractivity contribution in [3.8, 4) is 0 Å². The lowest BCUT2D eigenvalue weighted by molar-refractivity contribution is 0.587. The third kappa shape index (κ3) is 3.47. The Morgan fingerprint density at radius 2 is 1.88 bits per heavy atom. The van der Waals surface area contributed by atoms with Gasteiger partial charge in [-0.1, -0.05) is 38.0 Å². The number of anilines is 1. The molecule has 0 spiro atoms. The Bertz CT molecular complexity index is 329. The van der Waals surface area contributed by atoms with E-state index in [2.05, 4.69) is 41.4 Å². The lowest BCUT2D eigenvalue weighted by Gasteiger charge is -2.31. The summed E-state index contributed by atoms with van der Waals surface area (Å²) in [5, 5.41) is 3.41. The van der Waals surface area contributed by atoms with Crippen molar-refractivity contribution in [1.82, 2.24) is 5.32 Å². The number of hydrogen-bond acceptors (Lipinski definition) is 2. The first kappa shape index (κ1) is 12.4. The van der Waals surface area contributed by atoms with Crippen LogP contribution in [0.25, 0.3) is 0 Å². The first-order valence-electron chi connectivity index (χ1n) is 6.95. The summed E-state index contributed by atoms with van der Waals surface area (Å²) in [6.07, 6.45) is 5.19. The zero-order chi connectivity index (χ0) is 11.9. The standard InChI is InChI=1S/C15H24N2/c1-2-3-4-7-14-8-5-6-9-15(14)17-12-10-16-11-13-17/h5-6,8-9,16H,2-4,7,10-13H2,1H3. The number of hydrogen-bond donors (Lipinski definition) is 1. The van der Waals surface area contributed by atoms with E-state index in [0.29, 0.717) is 0 Å². The molecule has 0 amide bonds. The third-order valence-corrected chi connectivity index (χ3v) is 3.50. The zero-order valence-electron chi connectivity index (χ0n) is 10.9. The van der Waals surface area contributed by atoms with Gasteiger partial charge in [0, 0.05) is 31.9 Å². The van der Waals surface area contributed by atoms with Crippen LogP contribution in [0.3, 0.4) is 0 Å². The molecule has 1 aliphatic rings. The van der Waals surface area contributed by atoms with E-state index < -0.39 is 0 Å². The molecular weight excluding hydrogens is 208 g/mol. The van der Waals surface area contributed by atoms with Crippen LogP contribution in [-0.4, -0.2) is 26.2 Å². The van der Waals surface area contributed by atoms with Crippen LogP contribution in [0.1, 0.15) is 31.7 Å². The maximum Gasteiger partial charge on any atom is 0.0399 e. The molecule has 17 heavy (non-hydrogen) atoms. The van der Waals surface area contributed by atoms with Crippen molar-refractivity contribution in [3.63, 3.8) is 0 Å². The number of piperazine rings is 1. The van der Waals surface area contributed by atoms with Crippen LogP contribution in [0.5, 0.6) is 0 Å². The summed E-state index contributed by atoms with van der Waals surface area (Å²) in [6.45, 7) is 6.78. The van der Waals surface area contributed by atoms with Gasteiger partial charge in [-0.3, -0.25) is 0 Å². The number of nitrogens with zero attached hydrogens (tertiary/aromatic N) is 1. The second-order valence-corrected chi connectivity index (χ2v) is 4.82. The molecule has 1 fully saturated rings. The van der Waals surface area contributed by atoms with E-state index in [1.807, 2.05) is 0 Å². The van der Waals surface area contributed by atoms with Crippen molar-refractivity contribution >= 4 is 5.69 Å². The van der Waals surface area contributed by atoms with Crippen molar-refractivity contribution in [2.45, 2.75) is 32.6 Å². The Hall–Kier alpha value is -1.02. The third-order valence-electron chi connectivity index (χ3n) is 3.50. The molecule has 1 aromatic carbocycles. The van der Waals surface area contributed by atoms with E-state index in [0.717, 1.165) is 26.2 Å². The van der Waals surface area contributed by atoms with Gasteiger partial charge in [0.1, 0.15) is 0 Å². The van der Waals surface area contributed by atoms with Crippen molar-refractivity contribution in [2.75, 3.05) is 31.1 Å². The molecule has 2 nitrogen and oxygen atoms in total. The molecule has 1 saturated heterocycles. The lowest BCUT2D eigenvalue weighted by Crippen LogP contribution is -2.43. The fourth-order valence-corrected chi connectivity index (χ4v) is 2.50. The topological polar surface area (TPSA) is 15.3 Å². The lowest BCUT2D eigenvalue weighted by atomic mass is 10.0. The average molecular weight is 232 g/mol. The predicted octanol–water partition coefficient (Wildman–Crippen LogP) is 2.83. The highest BCUT2D eigenvalue weighted by atomic mass is 15.2. The highest BCUT2D eigenvalue weighted by Crippen LogP contribution is 2.22. The van der Waals surface area contributed by atoms with Crippen LogP contribution < -0.4 is 10.2 Å². The molecule has 2 heteroatoms. The molecular formula is C15H24N2. The number of nitrogens with one attached hydrogen (secondary N) is 1. The molecule has 1 aliphatic heterocycles. The van der Waals surface area contributed by atoms with Gasteiger partial charge in [-0.2, -0.15) is 0 Å². The van der Waals surface area contributed by atoms with Gasteiger partial charge >= 0.3 is 0 Å². The quantitative estimate of drug-likeness (QED) is 0.785. The molecule has 0 aliphatic carbocycles. The van der Waals surface area contributed by atoms with Gasteiger partial charge < -0.3 is 10.2 Å². The summed E-state index contributed by atoms with van der Waals surface area (Å²) >= 11 is 0. The summed E-state index contributed by atoms with van der Waals surface area (Å²) in [5.74, 6) is 0. The molecule has 1 aromatic rings. The fourth-order valence-electron chi connectivity index (χ4n) is 2.50. The van der Waals surface area contributed by atoms with Gasteiger partial charge in [0.2, 0.25) is 0 Å². The minimum Gasteiger partial charge on any atom is -0.369 e. The number of para-hydroxylation sites is 1. The summed E-state index contributed by atoms with van der Waals surface area (Å²) < 4.78 is 0. The Kier molecular flexibility index (Phi) is 4.87. The van der Waals surface area contributed by atoms with Crippen molar-refractivity contribution < 1.29 is 0 Å². The molecule has 0 radical (unpaired) electrons. The Labute approximate surface area is 105 Å². The molecule has 0 atom stereocenters. The Morgan fingerprint density at radius 3 is 2.65 bits per heavy atom. The van der Waals surface area contributed by atoms with Gasteiger partial charge in [0.15, 0.2) is 0 Å². The van der Waals surface area contributed by atoms with Crippen molar-refractivity contribution in [3.05, 3.63) is 29.8 Å². The number of benzene rings is 1. The summed E-state index contributed by atoms with van der Waals surface area (Å²) in [6, 6.07) is 8.92. The van der Waals surface area contributed by atoms with Gasteiger partial charge in [-0.15, -0.1) is 0 Å². The van der Waals surface area contributed by atoms with Gasteiger partial charge in [0.05, 0.1) is 0 Å². The monoisotopic (exact) mass is 232 g/mol. The Morgan fingerprint density at radius 1 is 1.12 bits per heavy atom. The van der Waals surface area contributed by atoms with Gasteiger partial charge in [0.25, 0.3) is 0 Å². The molecule has 1 N–H and O–H groups in total. The molecule has 0 saturated carbocycles. The van der Waals surface area contributed by atoms with Gasteiger partial charge in [-0.05, 0) is 24.5 Å². The fraction of sp³-hybridized carbons (Fsp3) is 0.600. The largest absolute Gasteiger partial charge is 0.369 e. The van der Waals surface area contributed by atoms with E-state index in [4.69, 9.17) is 0 Å². The Balaban J connectivity index is 2.03. The molecule has 94 valence electrons. The minimum atomic E-state index is 1.11. The number of aryl methyl sites for hydroxylation is 1. The SMILES string of the molecule is CCCCCc1ccccc1N1CCNCC1. The maximum atomic E-state index is 3.41. The van der Waals surface area contributed by atoms with E-state index in [9.17, 15) is 0 Å². The van der Waals surface area contributed by atoms with Gasteiger partial charge in [-0.25, -0.2) is 0 Å².